The number of aliphatic imine (C=N–C) groups is 1. The normalized spacial score (nSPS) is 12.7. The first-order valence-electron chi connectivity index (χ1n) is 8.18. The lowest BCUT2D eigenvalue weighted by Crippen LogP contribution is -2.09. The van der Waals surface area contributed by atoms with Crippen LogP contribution in [0.2, 0.25) is 10.0 Å². The lowest BCUT2D eigenvalue weighted by atomic mass is 10.2. The summed E-state index contributed by atoms with van der Waals surface area (Å²) >= 11 is 13.6. The van der Waals surface area contributed by atoms with E-state index in [4.69, 9.17) is 23.2 Å². The molecule has 2 aromatic rings. The first kappa shape index (κ1) is 21.4. The Morgan fingerprint density at radius 2 is 1.96 bits per heavy atom. The van der Waals surface area contributed by atoms with Gasteiger partial charge in [-0.25, -0.2) is 4.99 Å². The van der Waals surface area contributed by atoms with Crippen molar-refractivity contribution in [1.82, 2.24) is 9.88 Å². The highest BCUT2D eigenvalue weighted by Crippen LogP contribution is 2.25. The summed E-state index contributed by atoms with van der Waals surface area (Å²) in [4.78, 5) is 10.5. The number of hydrogen-bond acceptors (Lipinski definition) is 4. The topological polar surface area (TPSA) is 53.2 Å². The number of halogens is 2. The quantitative estimate of drug-likeness (QED) is 0.373. The van der Waals surface area contributed by atoms with Gasteiger partial charge in [-0.05, 0) is 43.7 Å². The Balaban J connectivity index is 2.18. The standard InChI is InChI=1S/C19H21Cl2N5S/c1-13-5-6-15(10-22-13)14(2)24-25-19(23-12-26(3)4)27-11-16-7-8-17(20)9-18(16)21/h5-10,12H,11H2,1-4H3/b23-12+,24-14-,25-19-. The van der Waals surface area contributed by atoms with Crippen molar-refractivity contribution in [3.05, 3.63) is 63.4 Å². The van der Waals surface area contributed by atoms with Gasteiger partial charge in [0, 0.05) is 47.3 Å². The third-order valence-electron chi connectivity index (χ3n) is 3.39. The van der Waals surface area contributed by atoms with E-state index >= 15 is 0 Å². The van der Waals surface area contributed by atoms with Crippen LogP contribution in [0.5, 0.6) is 0 Å². The van der Waals surface area contributed by atoms with Gasteiger partial charge in [-0.2, -0.15) is 5.10 Å². The van der Waals surface area contributed by atoms with Crippen molar-refractivity contribution >= 4 is 52.2 Å². The molecule has 142 valence electrons. The van der Waals surface area contributed by atoms with Gasteiger partial charge >= 0.3 is 0 Å². The zero-order valence-corrected chi connectivity index (χ0v) is 18.0. The maximum absolute atomic E-state index is 6.24. The first-order valence-corrected chi connectivity index (χ1v) is 9.92. The molecule has 8 heteroatoms. The molecule has 1 aromatic heterocycles. The Hall–Kier alpha value is -1.89. The molecule has 2 rings (SSSR count). The second-order valence-electron chi connectivity index (χ2n) is 5.99. The molecule has 0 unspecified atom stereocenters. The summed E-state index contributed by atoms with van der Waals surface area (Å²) in [5.74, 6) is 0.611. The van der Waals surface area contributed by atoms with Gasteiger partial charge in [-0.1, -0.05) is 41.0 Å². The summed E-state index contributed by atoms with van der Waals surface area (Å²) in [7, 11) is 3.79. The molecule has 27 heavy (non-hydrogen) atoms. The summed E-state index contributed by atoms with van der Waals surface area (Å²) in [6, 6.07) is 9.36. The molecule has 5 nitrogen and oxygen atoms in total. The van der Waals surface area contributed by atoms with Gasteiger partial charge in [0.15, 0.2) is 0 Å². The molecule has 0 aliphatic heterocycles. The number of hydrogen-bond donors (Lipinski definition) is 0. The molecule has 0 aliphatic rings. The molecule has 0 aliphatic carbocycles. The van der Waals surface area contributed by atoms with Crippen molar-refractivity contribution in [3.8, 4) is 0 Å². The first-order chi connectivity index (χ1) is 12.8. The van der Waals surface area contributed by atoms with Gasteiger partial charge in [-0.3, -0.25) is 4.98 Å². The minimum absolute atomic E-state index is 0.536. The van der Waals surface area contributed by atoms with Gasteiger partial charge in [0.05, 0.1) is 12.1 Å². The Morgan fingerprint density at radius 1 is 1.19 bits per heavy atom. The number of benzene rings is 1. The third kappa shape index (κ3) is 7.33. The van der Waals surface area contributed by atoms with Crippen molar-refractivity contribution in [3.63, 3.8) is 0 Å². The second kappa shape index (κ2) is 10.4. The van der Waals surface area contributed by atoms with Crippen LogP contribution in [0.25, 0.3) is 0 Å². The molecular weight excluding hydrogens is 401 g/mol. The predicted octanol–water partition coefficient (Wildman–Crippen LogP) is 5.30. The Bertz CT molecular complexity index is 861. The van der Waals surface area contributed by atoms with E-state index in [1.807, 2.05) is 57.1 Å². The number of rotatable bonds is 5. The molecular formula is C19H21Cl2N5S. The minimum atomic E-state index is 0.536. The number of aromatic nitrogens is 1. The van der Waals surface area contributed by atoms with Gasteiger partial charge in [-0.15, -0.1) is 5.10 Å². The molecule has 1 heterocycles. The highest BCUT2D eigenvalue weighted by atomic mass is 35.5. The molecule has 0 atom stereocenters. The molecule has 0 saturated heterocycles. The van der Waals surface area contributed by atoms with E-state index in [2.05, 4.69) is 20.2 Å². The van der Waals surface area contributed by atoms with Crippen LogP contribution in [0.15, 0.2) is 51.7 Å². The maximum atomic E-state index is 6.24. The second-order valence-corrected chi connectivity index (χ2v) is 7.77. The molecule has 0 amide bonds. The largest absolute Gasteiger partial charge is 0.369 e. The summed E-state index contributed by atoms with van der Waals surface area (Å²) in [5.41, 5.74) is 3.61. The van der Waals surface area contributed by atoms with E-state index in [9.17, 15) is 0 Å². The summed E-state index contributed by atoms with van der Waals surface area (Å²) in [6.07, 6.45) is 3.47. The van der Waals surface area contributed by atoms with Gasteiger partial charge in [0.2, 0.25) is 5.17 Å². The molecule has 0 radical (unpaired) electrons. The Morgan fingerprint density at radius 3 is 2.59 bits per heavy atom. The third-order valence-corrected chi connectivity index (χ3v) is 4.87. The number of nitrogens with zero attached hydrogens (tertiary/aromatic N) is 5. The van der Waals surface area contributed by atoms with Crippen LogP contribution in [0.4, 0.5) is 0 Å². The van der Waals surface area contributed by atoms with Crippen LogP contribution < -0.4 is 0 Å². The van der Waals surface area contributed by atoms with Crippen LogP contribution in [-0.2, 0) is 5.75 Å². The van der Waals surface area contributed by atoms with E-state index in [0.29, 0.717) is 21.0 Å². The zero-order valence-electron chi connectivity index (χ0n) is 15.6. The monoisotopic (exact) mass is 421 g/mol. The molecule has 0 fully saturated rings. The summed E-state index contributed by atoms with van der Waals surface area (Å²) in [5, 5.41) is 10.4. The van der Waals surface area contributed by atoms with Crippen LogP contribution in [0.1, 0.15) is 23.7 Å². The fourth-order valence-corrected chi connectivity index (χ4v) is 3.21. The number of amidine groups is 1. The van der Waals surface area contributed by atoms with Gasteiger partial charge in [0.25, 0.3) is 0 Å². The smallest absolute Gasteiger partial charge is 0.210 e. The zero-order chi connectivity index (χ0) is 19.8. The number of pyridine rings is 1. The highest BCUT2D eigenvalue weighted by molar-refractivity contribution is 8.13. The van der Waals surface area contributed by atoms with Crippen molar-refractivity contribution in [2.75, 3.05) is 14.1 Å². The number of thioether (sulfide) groups is 1. The molecule has 1 aromatic carbocycles. The van der Waals surface area contributed by atoms with Gasteiger partial charge in [0.1, 0.15) is 0 Å². The van der Waals surface area contributed by atoms with Crippen LogP contribution in [0, 0.1) is 6.92 Å². The van der Waals surface area contributed by atoms with Crippen LogP contribution in [-0.4, -0.2) is 41.2 Å². The lowest BCUT2D eigenvalue weighted by Gasteiger charge is -2.06. The van der Waals surface area contributed by atoms with E-state index in [0.717, 1.165) is 22.5 Å². The predicted molar refractivity (Wildman–Crippen MR) is 119 cm³/mol. The van der Waals surface area contributed by atoms with Crippen LogP contribution >= 0.6 is 35.0 Å². The van der Waals surface area contributed by atoms with Crippen molar-refractivity contribution in [1.29, 1.82) is 0 Å². The number of aryl methyl sites for hydroxylation is 1. The molecule has 0 N–H and O–H groups in total. The van der Waals surface area contributed by atoms with Crippen molar-refractivity contribution in [2.45, 2.75) is 19.6 Å². The average Bonchev–Trinajstić information content (AvgIpc) is 2.62. The molecule has 0 spiro atoms. The van der Waals surface area contributed by atoms with E-state index < -0.39 is 0 Å². The Labute approximate surface area is 174 Å². The van der Waals surface area contributed by atoms with E-state index in [1.165, 1.54) is 11.8 Å². The average molecular weight is 422 g/mol. The van der Waals surface area contributed by atoms with E-state index in [1.54, 1.807) is 18.6 Å². The van der Waals surface area contributed by atoms with Crippen molar-refractivity contribution < 1.29 is 0 Å². The fourth-order valence-electron chi connectivity index (χ4n) is 1.90. The lowest BCUT2D eigenvalue weighted by molar-refractivity contribution is 0.644. The molecule has 0 bridgehead atoms. The van der Waals surface area contributed by atoms with Gasteiger partial charge < -0.3 is 4.90 Å². The van der Waals surface area contributed by atoms with Crippen LogP contribution in [0.3, 0.4) is 0 Å². The summed E-state index contributed by atoms with van der Waals surface area (Å²) in [6.45, 7) is 3.84. The SMILES string of the molecule is C/C(=N/N=C(/N=C/N(C)C)SCc1ccc(Cl)cc1Cl)c1ccc(C)nc1. The highest BCUT2D eigenvalue weighted by Gasteiger charge is 2.05. The maximum Gasteiger partial charge on any atom is 0.210 e. The van der Waals surface area contributed by atoms with E-state index in [-0.39, 0.29) is 0 Å². The van der Waals surface area contributed by atoms with Crippen molar-refractivity contribution in [2.24, 2.45) is 15.2 Å². The summed E-state index contributed by atoms with van der Waals surface area (Å²) < 4.78 is 0. The molecule has 0 saturated carbocycles. The minimum Gasteiger partial charge on any atom is -0.369 e. The fraction of sp³-hybridized carbons (Fsp3) is 0.263. The Kier molecular flexibility index (Phi) is 8.28.